The predicted octanol–water partition coefficient (Wildman–Crippen LogP) is 12.8. The Labute approximate surface area is 410 Å². The summed E-state index contributed by atoms with van der Waals surface area (Å²) in [5.41, 5.74) is 9.66. The van der Waals surface area contributed by atoms with Crippen molar-refractivity contribution < 1.29 is 28.7 Å². The van der Waals surface area contributed by atoms with Gasteiger partial charge >= 0.3 is 35.0 Å². The second kappa shape index (κ2) is 23.1. The standard InChI is InChI=1S/C55H74N4O6.Mg/c1-13-39-34(7)41-29-46-48(38(11)60)36(9)43(57-46)27-42-35(8)40(52(58-42)50-51(55(63)64-12)54(62)49-37(10)44(59-53(49)50)28-45(39)56-41)23-24-47(61)65-26-25-33(6)22-16-21-32(5)20-15-19-31(4)18-14-17-30(2)3;/h13,25,27-32,34-35,40,51H,14-24,26H2,1-12H3,(H2-2,56,57,58,59,60,62);/q-2;+2/p-2/b33-25+,39-13+,42-27-,45-28-;/t31-,32-,34-,35+,40+,51-;/m1./s1. The number of aromatic nitrogens is 2. The number of esters is 2. The molecule has 2 saturated heterocycles. The summed E-state index contributed by atoms with van der Waals surface area (Å²) in [6.07, 6.45) is 21.4. The van der Waals surface area contributed by atoms with Gasteiger partial charge in [-0.3, -0.25) is 19.2 Å². The number of allylic oxidation sites excluding steroid dienone is 6. The number of hydrogen-bond acceptors (Lipinski definition) is 6. The number of ketones is 2. The fourth-order valence-electron chi connectivity index (χ4n) is 10.3. The first kappa shape index (κ1) is 52.6. The summed E-state index contributed by atoms with van der Waals surface area (Å²) in [6, 6.07) is 0. The van der Waals surface area contributed by atoms with Gasteiger partial charge in [-0.1, -0.05) is 139 Å². The number of ether oxygens (including phenoxy) is 2. The third kappa shape index (κ3) is 11.7. The zero-order valence-corrected chi connectivity index (χ0v) is 43.3. The van der Waals surface area contributed by atoms with Crippen molar-refractivity contribution in [2.24, 2.45) is 41.4 Å². The van der Waals surface area contributed by atoms with Gasteiger partial charge in [0, 0.05) is 17.5 Å². The van der Waals surface area contributed by atoms with Gasteiger partial charge < -0.3 is 30.1 Å². The molecule has 352 valence electrons. The zero-order chi connectivity index (χ0) is 47.3. The van der Waals surface area contributed by atoms with Crippen molar-refractivity contribution in [1.29, 1.82) is 0 Å². The first-order valence-electron chi connectivity index (χ1n) is 24.2. The number of Topliss-reactive ketones (excluding diaryl/α,β-unsaturated/α-hetero) is 2. The Morgan fingerprint density at radius 3 is 2.08 bits per heavy atom. The van der Waals surface area contributed by atoms with Crippen molar-refractivity contribution in [2.75, 3.05) is 13.7 Å². The molecule has 4 aliphatic rings. The average molecular weight is 910 g/mol. The molecule has 66 heavy (non-hydrogen) atoms. The molecular weight excluding hydrogens is 837 g/mol. The van der Waals surface area contributed by atoms with E-state index < -0.39 is 11.9 Å². The normalized spacial score (nSPS) is 25.0. The average Bonchev–Trinajstić information content (AvgIpc) is 4.00. The minimum atomic E-state index is -1.26. The molecule has 0 radical (unpaired) electrons. The molecule has 1 aliphatic carbocycles. The Bertz CT molecular complexity index is 2350. The van der Waals surface area contributed by atoms with Crippen LogP contribution in [0.1, 0.15) is 188 Å². The van der Waals surface area contributed by atoms with E-state index in [2.05, 4.69) is 41.5 Å². The molecule has 6 rings (SSSR count). The van der Waals surface area contributed by atoms with E-state index in [9.17, 15) is 19.2 Å². The number of nitrogens with zero attached hydrogens (tertiary/aromatic N) is 4. The van der Waals surface area contributed by atoms with Crippen LogP contribution in [0.2, 0.25) is 0 Å². The summed E-state index contributed by atoms with van der Waals surface area (Å²) in [5, 5.41) is 10.2. The van der Waals surface area contributed by atoms with Crippen LogP contribution in [0.4, 0.5) is 0 Å². The van der Waals surface area contributed by atoms with Crippen LogP contribution in [0.5, 0.6) is 0 Å². The van der Waals surface area contributed by atoms with Gasteiger partial charge in [0.25, 0.3) is 0 Å². The molecule has 11 heteroatoms. The molecule has 0 aromatic carbocycles. The largest absolute Gasteiger partial charge is 2.00 e. The topological polar surface area (TPSA) is 143 Å². The maximum Gasteiger partial charge on any atom is 2.00 e. The summed E-state index contributed by atoms with van der Waals surface area (Å²) in [4.78, 5) is 64.6. The van der Waals surface area contributed by atoms with E-state index in [1.807, 2.05) is 58.1 Å². The molecule has 6 atom stereocenters. The molecule has 2 aromatic rings. The van der Waals surface area contributed by atoms with Gasteiger partial charge in [0.1, 0.15) is 12.5 Å². The van der Waals surface area contributed by atoms with E-state index in [-0.39, 0.29) is 71.4 Å². The SMILES string of the molecule is C/C=C1/C2=C/c3[n-]c4c(c3C)C(=O)[C@H](C(=O)OC)/C4=C3/[N-]/C(=C\c4[n-]c(c(C(C)=O)c4C)/C=C(\[N-]2)[C@@H]1C)[C@@H](C)[C@@H]3CCC(=O)OC/C=C(\C)CCC[C@H](C)CCC[C@H](C)CCCC(C)C.[Mg+2]. The molecule has 8 bridgehead atoms. The molecule has 0 spiro atoms. The molecule has 0 N–H and O–H groups in total. The summed E-state index contributed by atoms with van der Waals surface area (Å²) in [5.74, 6) is -1.17. The fraction of sp³-hybridized carbons (Fsp3) is 0.564. The summed E-state index contributed by atoms with van der Waals surface area (Å²) in [7, 11) is 1.28. The van der Waals surface area contributed by atoms with Gasteiger partial charge in [-0.2, -0.15) is 17.1 Å². The van der Waals surface area contributed by atoms with Crippen LogP contribution < -0.4 is 9.97 Å². The predicted molar refractivity (Wildman–Crippen MR) is 266 cm³/mol. The number of carbonyl (C=O) groups excluding carboxylic acids is 4. The van der Waals surface area contributed by atoms with Gasteiger partial charge in [0.05, 0.1) is 7.11 Å². The molecule has 0 amide bonds. The van der Waals surface area contributed by atoms with Gasteiger partial charge in [-0.05, 0) is 95.5 Å². The van der Waals surface area contributed by atoms with E-state index in [0.29, 0.717) is 74.5 Å². The first-order valence-corrected chi connectivity index (χ1v) is 24.2. The van der Waals surface area contributed by atoms with Crippen molar-refractivity contribution in [3.63, 3.8) is 0 Å². The van der Waals surface area contributed by atoms with Gasteiger partial charge in [-0.15, -0.1) is 28.5 Å². The second-order valence-corrected chi connectivity index (χ2v) is 19.8. The quantitative estimate of drug-likeness (QED) is 0.0446. The third-order valence-electron chi connectivity index (χ3n) is 14.4. The molecule has 2 fully saturated rings. The van der Waals surface area contributed by atoms with Crippen molar-refractivity contribution in [3.05, 3.63) is 102 Å². The molecular formula is C55H72MgN4O6-2. The monoisotopic (exact) mass is 909 g/mol. The van der Waals surface area contributed by atoms with E-state index in [4.69, 9.17) is 30.1 Å². The summed E-state index contributed by atoms with van der Waals surface area (Å²) < 4.78 is 11.0. The fourth-order valence-corrected chi connectivity index (χ4v) is 10.3. The molecule has 0 unspecified atom stereocenters. The summed E-state index contributed by atoms with van der Waals surface area (Å²) in [6.45, 7) is 23.0. The second-order valence-electron chi connectivity index (χ2n) is 19.8. The molecule has 3 aliphatic heterocycles. The number of hydrogen-bond donors (Lipinski definition) is 0. The van der Waals surface area contributed by atoms with Crippen molar-refractivity contribution >= 4 is 70.4 Å². The molecule has 5 heterocycles. The third-order valence-corrected chi connectivity index (χ3v) is 14.4. The van der Waals surface area contributed by atoms with Crippen LogP contribution >= 0.6 is 0 Å². The Hall–Kier alpha value is -4.35. The maximum atomic E-state index is 14.4. The van der Waals surface area contributed by atoms with E-state index in [1.54, 1.807) is 6.92 Å². The molecule has 0 saturated carbocycles. The smallest absolute Gasteiger partial charge is 0.664 e. The van der Waals surface area contributed by atoms with Crippen LogP contribution in [0.3, 0.4) is 0 Å². The van der Waals surface area contributed by atoms with Gasteiger partial charge in [0.2, 0.25) is 0 Å². The minimum Gasteiger partial charge on any atom is -0.664 e. The van der Waals surface area contributed by atoms with Crippen LogP contribution in [0.15, 0.2) is 46.1 Å². The van der Waals surface area contributed by atoms with Crippen molar-refractivity contribution in [3.8, 4) is 0 Å². The maximum absolute atomic E-state index is 14.4. The Kier molecular flexibility index (Phi) is 18.4. The minimum absolute atomic E-state index is 0. The van der Waals surface area contributed by atoms with E-state index >= 15 is 0 Å². The Morgan fingerprint density at radius 2 is 1.44 bits per heavy atom. The zero-order valence-electron chi connectivity index (χ0n) is 41.9. The molecule has 10 nitrogen and oxygen atoms in total. The van der Waals surface area contributed by atoms with E-state index in [0.717, 1.165) is 41.5 Å². The van der Waals surface area contributed by atoms with Crippen LogP contribution in [0, 0.1) is 55.3 Å². The number of carbonyl (C=O) groups is 4. The Morgan fingerprint density at radius 1 is 0.803 bits per heavy atom. The number of fused-ring (bicyclic) bond motifs is 7. The summed E-state index contributed by atoms with van der Waals surface area (Å²) >= 11 is 0. The number of rotatable bonds is 19. The van der Waals surface area contributed by atoms with Gasteiger partial charge in [-0.25, -0.2) is 0 Å². The van der Waals surface area contributed by atoms with Gasteiger partial charge in [0.15, 0.2) is 11.6 Å². The molecule has 2 aromatic heterocycles. The van der Waals surface area contributed by atoms with Crippen LogP contribution in [0.25, 0.3) is 34.4 Å². The van der Waals surface area contributed by atoms with Crippen molar-refractivity contribution in [2.45, 2.75) is 147 Å². The first-order chi connectivity index (χ1) is 30.9. The number of methoxy groups -OCH3 is 1. The van der Waals surface area contributed by atoms with Crippen LogP contribution in [-0.4, -0.2) is 60.3 Å². The Balaban J connectivity index is 0.00000817. The van der Waals surface area contributed by atoms with E-state index in [1.165, 1.54) is 57.6 Å². The van der Waals surface area contributed by atoms with Crippen molar-refractivity contribution in [1.82, 2.24) is 9.97 Å². The van der Waals surface area contributed by atoms with Crippen LogP contribution in [-0.2, 0) is 19.1 Å².